The lowest BCUT2D eigenvalue weighted by atomic mass is 10.1. The van der Waals surface area contributed by atoms with Crippen LogP contribution < -0.4 is 0 Å². The van der Waals surface area contributed by atoms with Gasteiger partial charge >= 0.3 is 5.97 Å². The second-order valence-corrected chi connectivity index (χ2v) is 5.96. The van der Waals surface area contributed by atoms with Crippen molar-refractivity contribution < 1.29 is 14.3 Å². The van der Waals surface area contributed by atoms with Gasteiger partial charge in [0.25, 0.3) is 0 Å². The first-order chi connectivity index (χ1) is 10.2. The Kier molecular flexibility index (Phi) is 14.9. The van der Waals surface area contributed by atoms with Crippen LogP contribution in [0.3, 0.4) is 0 Å². The van der Waals surface area contributed by atoms with Gasteiger partial charge in [0.15, 0.2) is 0 Å². The van der Waals surface area contributed by atoms with E-state index in [0.29, 0.717) is 13.0 Å². The summed E-state index contributed by atoms with van der Waals surface area (Å²) in [6.45, 7) is 4.41. The SMILES string of the molecule is CCCCCCCC(=O)OCCCCCCCCC(C)=O. The van der Waals surface area contributed by atoms with E-state index in [1.54, 1.807) is 6.92 Å². The molecule has 0 aliphatic rings. The van der Waals surface area contributed by atoms with Crippen molar-refractivity contribution >= 4 is 11.8 Å². The molecule has 0 spiro atoms. The van der Waals surface area contributed by atoms with Crippen molar-refractivity contribution in [3.63, 3.8) is 0 Å². The first kappa shape index (κ1) is 20.1. The molecule has 0 aliphatic carbocycles. The maximum atomic E-state index is 11.5. The molecule has 0 fully saturated rings. The van der Waals surface area contributed by atoms with Gasteiger partial charge in [-0.05, 0) is 26.2 Å². The summed E-state index contributed by atoms with van der Waals surface area (Å²) in [5.41, 5.74) is 0. The van der Waals surface area contributed by atoms with Crippen molar-refractivity contribution in [1.82, 2.24) is 0 Å². The van der Waals surface area contributed by atoms with Crippen LogP contribution in [0.15, 0.2) is 0 Å². The van der Waals surface area contributed by atoms with Crippen LogP contribution in [-0.4, -0.2) is 18.4 Å². The lowest BCUT2D eigenvalue weighted by molar-refractivity contribution is -0.143. The fraction of sp³-hybridized carbons (Fsp3) is 0.889. The van der Waals surface area contributed by atoms with E-state index >= 15 is 0 Å². The number of ether oxygens (including phenoxy) is 1. The Labute approximate surface area is 130 Å². The Morgan fingerprint density at radius 3 is 1.86 bits per heavy atom. The van der Waals surface area contributed by atoms with Crippen LogP contribution in [0, 0.1) is 0 Å². The molecule has 3 heteroatoms. The first-order valence-electron chi connectivity index (χ1n) is 8.82. The Morgan fingerprint density at radius 1 is 0.714 bits per heavy atom. The number of hydrogen-bond donors (Lipinski definition) is 0. The summed E-state index contributed by atoms with van der Waals surface area (Å²) in [5.74, 6) is 0.254. The second kappa shape index (κ2) is 15.5. The Balaban J connectivity index is 3.16. The number of rotatable bonds is 15. The maximum absolute atomic E-state index is 11.5. The second-order valence-electron chi connectivity index (χ2n) is 5.96. The van der Waals surface area contributed by atoms with Gasteiger partial charge in [-0.15, -0.1) is 0 Å². The molecule has 0 unspecified atom stereocenters. The quantitative estimate of drug-likeness (QED) is 0.308. The minimum Gasteiger partial charge on any atom is -0.466 e. The molecule has 3 nitrogen and oxygen atoms in total. The summed E-state index contributed by atoms with van der Waals surface area (Å²) in [5, 5.41) is 0. The predicted molar refractivity (Wildman–Crippen MR) is 87.3 cm³/mol. The lowest BCUT2D eigenvalue weighted by Gasteiger charge is -2.05. The average Bonchev–Trinajstić information content (AvgIpc) is 2.45. The number of hydrogen-bond acceptors (Lipinski definition) is 3. The van der Waals surface area contributed by atoms with Crippen LogP contribution in [0.4, 0.5) is 0 Å². The summed E-state index contributed by atoms with van der Waals surface area (Å²) in [7, 11) is 0. The van der Waals surface area contributed by atoms with Gasteiger partial charge in [0.2, 0.25) is 0 Å². The predicted octanol–water partition coefficient (Wildman–Crippen LogP) is 5.21. The molecule has 0 bridgehead atoms. The van der Waals surface area contributed by atoms with Crippen molar-refractivity contribution in [3.05, 3.63) is 0 Å². The molecule has 0 saturated carbocycles. The third-order valence-corrected chi connectivity index (χ3v) is 3.67. The molecule has 124 valence electrons. The fourth-order valence-electron chi connectivity index (χ4n) is 2.31. The monoisotopic (exact) mass is 298 g/mol. The molecule has 0 radical (unpaired) electrons. The molecule has 0 aromatic heterocycles. The molecule has 21 heavy (non-hydrogen) atoms. The zero-order valence-corrected chi connectivity index (χ0v) is 14.1. The normalized spacial score (nSPS) is 10.6. The van der Waals surface area contributed by atoms with E-state index in [1.807, 2.05) is 0 Å². The Hall–Kier alpha value is -0.860. The third-order valence-electron chi connectivity index (χ3n) is 3.67. The molecule has 0 atom stereocenters. The molecule has 0 saturated heterocycles. The van der Waals surface area contributed by atoms with E-state index in [1.165, 1.54) is 32.1 Å². The average molecular weight is 298 g/mol. The number of carbonyl (C=O) groups excluding carboxylic acids is 2. The van der Waals surface area contributed by atoms with Crippen LogP contribution in [0.5, 0.6) is 0 Å². The van der Waals surface area contributed by atoms with Crippen LogP contribution in [0.1, 0.15) is 97.3 Å². The van der Waals surface area contributed by atoms with E-state index in [4.69, 9.17) is 4.74 Å². The minimum atomic E-state index is -0.0343. The summed E-state index contributed by atoms with van der Waals surface area (Å²) < 4.78 is 5.22. The Bertz CT molecular complexity index is 261. The highest BCUT2D eigenvalue weighted by molar-refractivity contribution is 5.75. The molecular formula is C18H34O3. The van der Waals surface area contributed by atoms with Gasteiger partial charge in [-0.25, -0.2) is 0 Å². The van der Waals surface area contributed by atoms with Crippen molar-refractivity contribution in [2.24, 2.45) is 0 Å². The minimum absolute atomic E-state index is 0.0343. The molecule has 0 heterocycles. The van der Waals surface area contributed by atoms with Gasteiger partial charge in [0, 0.05) is 12.8 Å². The Morgan fingerprint density at radius 2 is 1.24 bits per heavy atom. The molecule has 0 aliphatic heterocycles. The van der Waals surface area contributed by atoms with Crippen LogP contribution in [0.2, 0.25) is 0 Å². The van der Waals surface area contributed by atoms with Crippen LogP contribution in [0.25, 0.3) is 0 Å². The number of esters is 1. The van der Waals surface area contributed by atoms with Crippen LogP contribution in [-0.2, 0) is 14.3 Å². The third kappa shape index (κ3) is 17.1. The van der Waals surface area contributed by atoms with Gasteiger partial charge < -0.3 is 9.53 Å². The topological polar surface area (TPSA) is 43.4 Å². The summed E-state index contributed by atoms with van der Waals surface area (Å²) in [4.78, 5) is 22.2. The molecule has 0 aromatic rings. The summed E-state index contributed by atoms with van der Waals surface area (Å²) in [6.07, 6.45) is 13.7. The molecule has 0 N–H and O–H groups in total. The lowest BCUT2D eigenvalue weighted by Crippen LogP contribution is -2.05. The summed E-state index contributed by atoms with van der Waals surface area (Å²) >= 11 is 0. The van der Waals surface area contributed by atoms with E-state index in [-0.39, 0.29) is 11.8 Å². The zero-order valence-electron chi connectivity index (χ0n) is 14.1. The highest BCUT2D eigenvalue weighted by Gasteiger charge is 2.02. The van der Waals surface area contributed by atoms with Crippen LogP contribution >= 0.6 is 0 Å². The van der Waals surface area contributed by atoms with Crippen molar-refractivity contribution in [2.45, 2.75) is 97.3 Å². The number of ketones is 1. The largest absolute Gasteiger partial charge is 0.466 e. The highest BCUT2D eigenvalue weighted by Crippen LogP contribution is 2.09. The molecule has 0 rings (SSSR count). The van der Waals surface area contributed by atoms with E-state index in [0.717, 1.165) is 44.9 Å². The van der Waals surface area contributed by atoms with Gasteiger partial charge in [0.05, 0.1) is 6.61 Å². The van der Waals surface area contributed by atoms with E-state index < -0.39 is 0 Å². The standard InChI is InChI=1S/C18H34O3/c1-3-4-5-8-12-15-18(20)21-16-13-10-7-6-9-11-14-17(2)19/h3-16H2,1-2H3. The number of unbranched alkanes of at least 4 members (excludes halogenated alkanes) is 9. The van der Waals surface area contributed by atoms with Crippen molar-refractivity contribution in [3.8, 4) is 0 Å². The first-order valence-corrected chi connectivity index (χ1v) is 8.82. The van der Waals surface area contributed by atoms with Gasteiger partial charge in [-0.1, -0.05) is 58.3 Å². The van der Waals surface area contributed by atoms with E-state index in [2.05, 4.69) is 6.92 Å². The smallest absolute Gasteiger partial charge is 0.305 e. The molecule has 0 aromatic carbocycles. The number of carbonyl (C=O) groups is 2. The molecular weight excluding hydrogens is 264 g/mol. The van der Waals surface area contributed by atoms with Crippen molar-refractivity contribution in [1.29, 1.82) is 0 Å². The van der Waals surface area contributed by atoms with Gasteiger partial charge in [-0.3, -0.25) is 4.79 Å². The summed E-state index contributed by atoms with van der Waals surface area (Å²) in [6, 6.07) is 0. The maximum Gasteiger partial charge on any atom is 0.305 e. The highest BCUT2D eigenvalue weighted by atomic mass is 16.5. The fourth-order valence-corrected chi connectivity index (χ4v) is 2.31. The van der Waals surface area contributed by atoms with Gasteiger partial charge in [-0.2, -0.15) is 0 Å². The van der Waals surface area contributed by atoms with Gasteiger partial charge in [0.1, 0.15) is 5.78 Å². The molecule has 0 amide bonds. The van der Waals surface area contributed by atoms with E-state index in [9.17, 15) is 9.59 Å². The zero-order chi connectivity index (χ0) is 15.8. The van der Waals surface area contributed by atoms with Crippen molar-refractivity contribution in [2.75, 3.05) is 6.61 Å². The number of Topliss-reactive ketones (excluding diaryl/α,β-unsaturated/α-hetero) is 1.